The molecule has 1 heterocycles. The van der Waals surface area contributed by atoms with Gasteiger partial charge in [0.1, 0.15) is 11.3 Å². The zero-order chi connectivity index (χ0) is 21.1. The Bertz CT molecular complexity index is 1020. The molecule has 0 unspecified atom stereocenters. The van der Waals surface area contributed by atoms with Gasteiger partial charge in [0.15, 0.2) is 5.82 Å². The summed E-state index contributed by atoms with van der Waals surface area (Å²) in [6.45, 7) is 6.36. The summed E-state index contributed by atoms with van der Waals surface area (Å²) in [7, 11) is 0. The predicted molar refractivity (Wildman–Crippen MR) is 114 cm³/mol. The number of para-hydroxylation sites is 1. The number of ether oxygens (including phenoxy) is 1. The van der Waals surface area contributed by atoms with Crippen molar-refractivity contribution in [2.75, 3.05) is 0 Å². The lowest BCUT2D eigenvalue weighted by Gasteiger charge is -2.38. The van der Waals surface area contributed by atoms with Crippen LogP contribution in [0.25, 0.3) is 5.69 Å². The Morgan fingerprint density at radius 3 is 2.57 bits per heavy atom. The molecule has 0 atom stereocenters. The maximum absolute atomic E-state index is 12.8. The zero-order valence-electron chi connectivity index (χ0n) is 17.6. The monoisotopic (exact) mass is 405 g/mol. The van der Waals surface area contributed by atoms with Crippen LogP contribution in [0.15, 0.2) is 48.5 Å². The molecule has 3 aromatic rings. The third-order valence-electron chi connectivity index (χ3n) is 6.12. The quantitative estimate of drug-likeness (QED) is 0.692. The van der Waals surface area contributed by atoms with Crippen molar-refractivity contribution in [3.8, 4) is 11.4 Å². The number of aryl methyl sites for hydroxylation is 1. The summed E-state index contributed by atoms with van der Waals surface area (Å²) in [5, 5.41) is 15.8. The Balaban J connectivity index is 1.69. The molecular weight excluding hydrogens is 378 g/mol. The van der Waals surface area contributed by atoms with Gasteiger partial charge in [0.25, 0.3) is 0 Å². The van der Waals surface area contributed by atoms with E-state index in [1.54, 1.807) is 16.8 Å². The first-order chi connectivity index (χ1) is 14.5. The summed E-state index contributed by atoms with van der Waals surface area (Å²) < 4.78 is 7.29. The van der Waals surface area contributed by atoms with E-state index in [1.807, 2.05) is 30.3 Å². The van der Waals surface area contributed by atoms with Crippen molar-refractivity contribution in [3.05, 3.63) is 65.5 Å². The topological polar surface area (TPSA) is 81.9 Å². The molecule has 7 nitrogen and oxygen atoms in total. The lowest BCUT2D eigenvalue weighted by Crippen LogP contribution is -2.50. The van der Waals surface area contributed by atoms with Crippen LogP contribution in [-0.2, 0) is 5.54 Å². The minimum absolute atomic E-state index is 0.494. The molecule has 1 aliphatic rings. The average Bonchev–Trinajstić information content (AvgIpc) is 3.23. The SMILES string of the molecule is Cc1cccc(-n2nnnc2C2(NC(=O)Oc3ccccc3)CCC(C)CC2)c1C. The smallest absolute Gasteiger partial charge is 0.410 e. The summed E-state index contributed by atoms with van der Waals surface area (Å²) in [4.78, 5) is 12.8. The highest BCUT2D eigenvalue weighted by Crippen LogP contribution is 2.39. The Hall–Kier alpha value is -3.22. The van der Waals surface area contributed by atoms with Gasteiger partial charge in [-0.25, -0.2) is 4.79 Å². The third kappa shape index (κ3) is 3.92. The fourth-order valence-corrected chi connectivity index (χ4v) is 4.09. The molecule has 30 heavy (non-hydrogen) atoms. The molecule has 1 aliphatic carbocycles. The molecule has 1 amide bonds. The van der Waals surface area contributed by atoms with Gasteiger partial charge in [-0.1, -0.05) is 37.3 Å². The summed E-state index contributed by atoms with van der Waals surface area (Å²) in [5.74, 6) is 1.74. The number of tetrazole rings is 1. The normalized spacial score (nSPS) is 21.2. The highest BCUT2D eigenvalue weighted by Gasteiger charge is 2.42. The van der Waals surface area contributed by atoms with Crippen molar-refractivity contribution in [1.29, 1.82) is 0 Å². The second-order valence-electron chi connectivity index (χ2n) is 8.23. The van der Waals surface area contributed by atoms with E-state index >= 15 is 0 Å². The van der Waals surface area contributed by atoms with Gasteiger partial charge in [0, 0.05) is 0 Å². The van der Waals surface area contributed by atoms with Crippen LogP contribution in [0.4, 0.5) is 4.79 Å². The van der Waals surface area contributed by atoms with Gasteiger partial charge >= 0.3 is 6.09 Å². The molecule has 0 saturated heterocycles. The lowest BCUT2D eigenvalue weighted by molar-refractivity contribution is 0.150. The zero-order valence-corrected chi connectivity index (χ0v) is 17.6. The van der Waals surface area contributed by atoms with Crippen LogP contribution in [-0.4, -0.2) is 26.3 Å². The fraction of sp³-hybridized carbons (Fsp3) is 0.391. The summed E-state index contributed by atoms with van der Waals surface area (Å²) in [6, 6.07) is 15.1. The van der Waals surface area contributed by atoms with Gasteiger partial charge < -0.3 is 10.1 Å². The standard InChI is InChI=1S/C23H27N5O2/c1-16-12-14-23(15-13-16,24-22(29)30-19-9-5-4-6-10-19)21-25-26-27-28(21)20-11-7-8-17(2)18(20)3/h4-11,16H,12-15H2,1-3H3,(H,24,29). The van der Waals surface area contributed by atoms with E-state index in [2.05, 4.69) is 47.7 Å². The maximum Gasteiger partial charge on any atom is 0.413 e. The summed E-state index contributed by atoms with van der Waals surface area (Å²) >= 11 is 0. The molecule has 1 N–H and O–H groups in total. The average molecular weight is 406 g/mol. The van der Waals surface area contributed by atoms with Crippen LogP contribution >= 0.6 is 0 Å². The van der Waals surface area contributed by atoms with Crippen LogP contribution in [0.5, 0.6) is 5.75 Å². The molecule has 156 valence electrons. The maximum atomic E-state index is 12.8. The number of nitrogens with zero attached hydrogens (tertiary/aromatic N) is 4. The Labute approximate surface area is 176 Å². The lowest BCUT2D eigenvalue weighted by atomic mass is 9.76. The van der Waals surface area contributed by atoms with Gasteiger partial charge in [0.05, 0.1) is 5.69 Å². The van der Waals surface area contributed by atoms with Crippen molar-refractivity contribution < 1.29 is 9.53 Å². The van der Waals surface area contributed by atoms with Crippen molar-refractivity contribution in [3.63, 3.8) is 0 Å². The molecule has 0 radical (unpaired) electrons. The first-order valence-corrected chi connectivity index (χ1v) is 10.4. The molecule has 0 spiro atoms. The second kappa shape index (κ2) is 8.26. The highest BCUT2D eigenvalue weighted by atomic mass is 16.6. The highest BCUT2D eigenvalue weighted by molar-refractivity contribution is 5.71. The molecule has 0 bridgehead atoms. The number of hydrogen-bond acceptors (Lipinski definition) is 5. The Morgan fingerprint density at radius 1 is 1.10 bits per heavy atom. The molecule has 1 saturated carbocycles. The molecule has 4 rings (SSSR count). The van der Waals surface area contributed by atoms with Gasteiger partial charge in [0.2, 0.25) is 0 Å². The number of benzene rings is 2. The van der Waals surface area contributed by atoms with E-state index in [4.69, 9.17) is 4.74 Å². The largest absolute Gasteiger partial charge is 0.413 e. The van der Waals surface area contributed by atoms with E-state index < -0.39 is 11.6 Å². The van der Waals surface area contributed by atoms with Crippen LogP contribution in [0, 0.1) is 19.8 Å². The Kier molecular flexibility index (Phi) is 5.53. The second-order valence-corrected chi connectivity index (χ2v) is 8.23. The number of amides is 1. The van der Waals surface area contributed by atoms with E-state index in [1.165, 1.54) is 0 Å². The van der Waals surface area contributed by atoms with Crippen molar-refractivity contribution in [2.45, 2.75) is 52.0 Å². The first-order valence-electron chi connectivity index (χ1n) is 10.4. The molecule has 7 heteroatoms. The van der Waals surface area contributed by atoms with Crippen molar-refractivity contribution >= 4 is 6.09 Å². The minimum Gasteiger partial charge on any atom is -0.410 e. The van der Waals surface area contributed by atoms with Gasteiger partial charge in [-0.3, -0.25) is 0 Å². The number of hydrogen-bond donors (Lipinski definition) is 1. The summed E-state index contributed by atoms with van der Waals surface area (Å²) in [6.07, 6.45) is 2.97. The van der Waals surface area contributed by atoms with E-state index in [0.29, 0.717) is 17.5 Å². The van der Waals surface area contributed by atoms with Crippen molar-refractivity contribution in [1.82, 2.24) is 25.5 Å². The van der Waals surface area contributed by atoms with E-state index in [9.17, 15) is 4.79 Å². The predicted octanol–water partition coefficient (Wildman–Crippen LogP) is 4.47. The van der Waals surface area contributed by atoms with E-state index in [0.717, 1.165) is 42.5 Å². The molecule has 0 aliphatic heterocycles. The summed E-state index contributed by atoms with van der Waals surface area (Å²) in [5.41, 5.74) is 2.51. The van der Waals surface area contributed by atoms with Crippen LogP contribution in [0.3, 0.4) is 0 Å². The van der Waals surface area contributed by atoms with Crippen LogP contribution < -0.4 is 10.1 Å². The van der Waals surface area contributed by atoms with E-state index in [-0.39, 0.29) is 0 Å². The van der Waals surface area contributed by atoms with Gasteiger partial charge in [-0.05, 0) is 85.2 Å². The van der Waals surface area contributed by atoms with Gasteiger partial charge in [-0.15, -0.1) is 5.10 Å². The number of nitrogens with one attached hydrogen (secondary N) is 1. The molecule has 1 fully saturated rings. The molecule has 2 aromatic carbocycles. The number of aromatic nitrogens is 4. The minimum atomic E-state index is -0.682. The first kappa shape index (κ1) is 20.1. The number of carbonyl (C=O) groups is 1. The molecule has 1 aromatic heterocycles. The number of rotatable bonds is 4. The fourth-order valence-electron chi connectivity index (χ4n) is 4.09. The van der Waals surface area contributed by atoms with Crippen molar-refractivity contribution in [2.24, 2.45) is 5.92 Å². The van der Waals surface area contributed by atoms with Gasteiger partial charge in [-0.2, -0.15) is 4.68 Å². The van der Waals surface area contributed by atoms with Crippen LogP contribution in [0.2, 0.25) is 0 Å². The third-order valence-corrected chi connectivity index (χ3v) is 6.12. The van der Waals surface area contributed by atoms with Crippen LogP contribution in [0.1, 0.15) is 49.6 Å². The molecular formula is C23H27N5O2. The Morgan fingerprint density at radius 2 is 1.83 bits per heavy atom. The number of carbonyl (C=O) groups excluding carboxylic acids is 1.